The molecule has 0 atom stereocenters. The van der Waals surface area contributed by atoms with Gasteiger partial charge in [-0.1, -0.05) is 125 Å². The molecular weight excluding hydrogens is 617 g/mol. The number of nitrogens with zero attached hydrogens (tertiary/aromatic N) is 2. The second-order valence-electron chi connectivity index (χ2n) is 15.1. The summed E-state index contributed by atoms with van der Waals surface area (Å²) < 4.78 is 0. The Kier molecular flexibility index (Phi) is 7.09. The molecule has 0 bridgehead atoms. The number of fused-ring (bicyclic) bond motifs is 7. The van der Waals surface area contributed by atoms with Crippen molar-refractivity contribution in [3.63, 3.8) is 0 Å². The number of anilines is 5. The molecule has 2 heteroatoms. The zero-order valence-corrected chi connectivity index (χ0v) is 29.8. The maximum Gasteiger partial charge on any atom is 0.0500 e. The second kappa shape index (κ2) is 11.6. The summed E-state index contributed by atoms with van der Waals surface area (Å²) in [7, 11) is 0. The maximum atomic E-state index is 4.84. The lowest BCUT2D eigenvalue weighted by Crippen LogP contribution is -2.21. The summed E-state index contributed by atoms with van der Waals surface area (Å²) >= 11 is 0. The Morgan fingerprint density at radius 1 is 0.549 bits per heavy atom. The van der Waals surface area contributed by atoms with E-state index in [2.05, 4.69) is 195 Å². The molecule has 0 amide bonds. The minimum absolute atomic E-state index is 0.115. The van der Waals surface area contributed by atoms with Crippen molar-refractivity contribution in [3.8, 4) is 11.1 Å². The molecule has 0 saturated heterocycles. The molecule has 0 unspecified atom stereocenters. The molecule has 51 heavy (non-hydrogen) atoms. The average Bonchev–Trinajstić information content (AvgIpc) is 3.53. The molecule has 0 spiro atoms. The first kappa shape index (κ1) is 31.1. The van der Waals surface area contributed by atoms with Crippen molar-refractivity contribution in [3.05, 3.63) is 203 Å². The van der Waals surface area contributed by atoms with Crippen LogP contribution in [0.3, 0.4) is 0 Å². The van der Waals surface area contributed by atoms with Gasteiger partial charge in [-0.2, -0.15) is 0 Å². The SMILES string of the molecule is C=C1/C=C2\C(=C/Cc3cc4c(cc3N1c1ccc(N(c3ccccc3)c3ccccc3)cc1)C(C)(C)c1ccccc1-4)c1ccccc1C2(C)C. The van der Waals surface area contributed by atoms with Crippen LogP contribution in [0.5, 0.6) is 0 Å². The molecule has 3 aliphatic rings. The Morgan fingerprint density at radius 2 is 1.10 bits per heavy atom. The van der Waals surface area contributed by atoms with Gasteiger partial charge in [0.25, 0.3) is 0 Å². The number of hydrogen-bond donors (Lipinski definition) is 0. The predicted molar refractivity (Wildman–Crippen MR) is 216 cm³/mol. The molecule has 0 N–H and O–H groups in total. The fourth-order valence-corrected chi connectivity index (χ4v) is 8.78. The van der Waals surface area contributed by atoms with Gasteiger partial charge in [0, 0.05) is 45.0 Å². The van der Waals surface area contributed by atoms with E-state index in [-0.39, 0.29) is 10.8 Å². The van der Waals surface area contributed by atoms with Gasteiger partial charge in [-0.15, -0.1) is 0 Å². The highest BCUT2D eigenvalue weighted by Gasteiger charge is 2.40. The van der Waals surface area contributed by atoms with Crippen molar-refractivity contribution in [2.75, 3.05) is 9.80 Å². The Bertz CT molecular complexity index is 2350. The number of allylic oxidation sites excluding steroid dienone is 4. The molecule has 0 fully saturated rings. The third kappa shape index (κ3) is 4.85. The van der Waals surface area contributed by atoms with Gasteiger partial charge in [-0.05, 0) is 123 Å². The first-order valence-electron chi connectivity index (χ1n) is 18.0. The molecule has 2 aliphatic carbocycles. The summed E-state index contributed by atoms with van der Waals surface area (Å²) in [5.41, 5.74) is 18.4. The Hall–Kier alpha value is -5.86. The fraction of sp³-hybridized carbons (Fsp3) is 0.143. The van der Waals surface area contributed by atoms with Gasteiger partial charge in [0.05, 0.1) is 0 Å². The van der Waals surface area contributed by atoms with E-state index in [1.807, 2.05) is 0 Å². The van der Waals surface area contributed by atoms with Crippen LogP contribution in [0.4, 0.5) is 28.4 Å². The number of rotatable bonds is 4. The lowest BCUT2D eigenvalue weighted by Gasteiger charge is -2.32. The number of hydrogen-bond acceptors (Lipinski definition) is 2. The fourth-order valence-electron chi connectivity index (χ4n) is 8.78. The summed E-state index contributed by atoms with van der Waals surface area (Å²) in [6, 6.07) is 53.0. The highest BCUT2D eigenvalue weighted by atomic mass is 15.2. The smallest absolute Gasteiger partial charge is 0.0500 e. The van der Waals surface area contributed by atoms with Crippen molar-refractivity contribution < 1.29 is 0 Å². The lowest BCUT2D eigenvalue weighted by molar-refractivity contribution is 0.659. The summed E-state index contributed by atoms with van der Waals surface area (Å²) in [6.07, 6.45) is 5.64. The van der Waals surface area contributed by atoms with Crippen LogP contribution in [0.1, 0.15) is 55.5 Å². The molecule has 0 saturated carbocycles. The van der Waals surface area contributed by atoms with Crippen molar-refractivity contribution >= 4 is 34.0 Å². The summed E-state index contributed by atoms with van der Waals surface area (Å²) in [5, 5.41) is 0. The second-order valence-corrected chi connectivity index (χ2v) is 15.1. The molecule has 0 radical (unpaired) electrons. The van der Waals surface area contributed by atoms with Gasteiger partial charge < -0.3 is 9.80 Å². The third-order valence-electron chi connectivity index (χ3n) is 11.4. The minimum atomic E-state index is -0.147. The van der Waals surface area contributed by atoms with E-state index in [4.69, 9.17) is 6.58 Å². The summed E-state index contributed by atoms with van der Waals surface area (Å²) in [4.78, 5) is 4.71. The summed E-state index contributed by atoms with van der Waals surface area (Å²) in [5.74, 6) is 0. The van der Waals surface area contributed by atoms with E-state index in [9.17, 15) is 0 Å². The van der Waals surface area contributed by atoms with E-state index in [1.165, 1.54) is 55.8 Å². The highest BCUT2D eigenvalue weighted by molar-refractivity contribution is 5.93. The van der Waals surface area contributed by atoms with E-state index in [1.54, 1.807) is 0 Å². The van der Waals surface area contributed by atoms with E-state index >= 15 is 0 Å². The molecule has 1 heterocycles. The minimum Gasteiger partial charge on any atom is -0.311 e. The van der Waals surface area contributed by atoms with Gasteiger partial charge in [-0.3, -0.25) is 0 Å². The molecule has 0 aromatic heterocycles. The van der Waals surface area contributed by atoms with Crippen molar-refractivity contribution in [2.24, 2.45) is 0 Å². The Labute approximate surface area is 302 Å². The molecule has 1 aliphatic heterocycles. The zero-order chi connectivity index (χ0) is 34.9. The van der Waals surface area contributed by atoms with Crippen LogP contribution in [0.2, 0.25) is 0 Å². The van der Waals surface area contributed by atoms with Crippen LogP contribution in [0.25, 0.3) is 16.7 Å². The van der Waals surface area contributed by atoms with Gasteiger partial charge >= 0.3 is 0 Å². The lowest BCUT2D eigenvalue weighted by atomic mass is 9.81. The zero-order valence-electron chi connectivity index (χ0n) is 29.8. The normalized spacial score (nSPS) is 18.4. The predicted octanol–water partition coefficient (Wildman–Crippen LogP) is 13.0. The molecule has 6 aromatic rings. The summed E-state index contributed by atoms with van der Waals surface area (Å²) in [6.45, 7) is 14.3. The monoisotopic (exact) mass is 658 g/mol. The highest BCUT2D eigenvalue weighted by Crippen LogP contribution is 2.54. The molecule has 9 rings (SSSR count). The quantitative estimate of drug-likeness (QED) is 0.186. The topological polar surface area (TPSA) is 6.48 Å². The maximum absolute atomic E-state index is 4.84. The van der Waals surface area contributed by atoms with Gasteiger partial charge in [0.15, 0.2) is 0 Å². The van der Waals surface area contributed by atoms with Gasteiger partial charge in [-0.25, -0.2) is 0 Å². The van der Waals surface area contributed by atoms with Gasteiger partial charge in [0.1, 0.15) is 0 Å². The molecule has 6 aromatic carbocycles. The van der Waals surface area contributed by atoms with Gasteiger partial charge in [0.2, 0.25) is 0 Å². The largest absolute Gasteiger partial charge is 0.311 e. The van der Waals surface area contributed by atoms with Crippen molar-refractivity contribution in [1.82, 2.24) is 0 Å². The molecular formula is C49H42N2. The average molecular weight is 659 g/mol. The van der Waals surface area contributed by atoms with Crippen LogP contribution in [0, 0.1) is 0 Å². The van der Waals surface area contributed by atoms with Crippen LogP contribution >= 0.6 is 0 Å². The van der Waals surface area contributed by atoms with Crippen LogP contribution in [-0.4, -0.2) is 0 Å². The van der Waals surface area contributed by atoms with E-state index in [0.29, 0.717) is 0 Å². The first-order valence-corrected chi connectivity index (χ1v) is 18.0. The number of benzene rings is 6. The third-order valence-corrected chi connectivity index (χ3v) is 11.4. The van der Waals surface area contributed by atoms with Crippen molar-refractivity contribution in [1.29, 1.82) is 0 Å². The number of para-hydroxylation sites is 2. The van der Waals surface area contributed by atoms with E-state index in [0.717, 1.165) is 34.9 Å². The Morgan fingerprint density at radius 3 is 1.75 bits per heavy atom. The van der Waals surface area contributed by atoms with Crippen LogP contribution in [-0.2, 0) is 17.3 Å². The van der Waals surface area contributed by atoms with E-state index < -0.39 is 0 Å². The van der Waals surface area contributed by atoms with Crippen LogP contribution < -0.4 is 9.80 Å². The molecule has 248 valence electrons. The van der Waals surface area contributed by atoms with Crippen LogP contribution in [0.15, 0.2) is 176 Å². The first-order chi connectivity index (χ1) is 24.7. The standard InChI is InChI=1S/C49H42N2/c1-33-30-45-41(39-20-12-14-22-43(39)48(45,2)3)29-24-34-31-42-40-21-13-15-23-44(40)49(4,5)46(42)32-47(34)50(33)37-25-27-38(28-26-37)51(35-16-8-6-9-17-35)36-18-10-7-11-19-36/h6-23,25-32H,1,24H2,2-5H3/b41-29-,45-30+. The van der Waals surface area contributed by atoms with Crippen molar-refractivity contribution in [2.45, 2.75) is 44.9 Å². The molecule has 2 nitrogen and oxygen atoms in total. The Balaban J connectivity index is 1.23.